The van der Waals surface area contributed by atoms with E-state index in [1.165, 1.54) is 11.3 Å². The van der Waals surface area contributed by atoms with E-state index >= 15 is 0 Å². The maximum absolute atomic E-state index is 12.2. The van der Waals surface area contributed by atoms with Gasteiger partial charge in [-0.2, -0.15) is 0 Å². The summed E-state index contributed by atoms with van der Waals surface area (Å²) < 4.78 is 6.69. The number of amides is 1. The summed E-state index contributed by atoms with van der Waals surface area (Å²) in [5, 5.41) is 20.9. The first-order valence-corrected chi connectivity index (χ1v) is 9.47. The van der Waals surface area contributed by atoms with Gasteiger partial charge in [0, 0.05) is 7.11 Å². The quantitative estimate of drug-likeness (QED) is 0.623. The van der Waals surface area contributed by atoms with E-state index in [4.69, 9.17) is 27.9 Å². The van der Waals surface area contributed by atoms with Gasteiger partial charge in [0.2, 0.25) is 11.0 Å². The minimum absolute atomic E-state index is 0.0897. The van der Waals surface area contributed by atoms with Crippen molar-refractivity contribution in [1.29, 1.82) is 0 Å². The summed E-state index contributed by atoms with van der Waals surface area (Å²) in [6.45, 7) is 2.70. The Balaban J connectivity index is 1.63. The smallest absolute Gasteiger partial charge is 0.232 e. The Labute approximate surface area is 169 Å². The Morgan fingerprint density at radius 2 is 2.07 bits per heavy atom. The average molecular weight is 427 g/mol. The summed E-state index contributed by atoms with van der Waals surface area (Å²) in [7, 11) is 1.57. The van der Waals surface area contributed by atoms with Gasteiger partial charge in [-0.05, 0) is 24.6 Å². The molecule has 11 heteroatoms. The average Bonchev–Trinajstić information content (AvgIpc) is 3.20. The first-order valence-electron chi connectivity index (χ1n) is 7.90. The Morgan fingerprint density at radius 3 is 2.81 bits per heavy atom. The van der Waals surface area contributed by atoms with Gasteiger partial charge in [0.05, 0.1) is 34.4 Å². The van der Waals surface area contributed by atoms with E-state index in [1.54, 1.807) is 23.9 Å². The van der Waals surface area contributed by atoms with Crippen LogP contribution in [0.2, 0.25) is 10.0 Å². The van der Waals surface area contributed by atoms with Crippen LogP contribution >= 0.6 is 34.5 Å². The first-order chi connectivity index (χ1) is 13.0. The monoisotopic (exact) mass is 426 g/mol. The SMILES string of the molecule is COCc1nnc(NC(=O)Cc2nnn(Cc3ccc(Cl)c(Cl)c3)c2C)s1. The van der Waals surface area contributed by atoms with Crippen molar-refractivity contribution in [3.8, 4) is 0 Å². The zero-order valence-electron chi connectivity index (χ0n) is 14.6. The molecule has 27 heavy (non-hydrogen) atoms. The number of ether oxygens (including phenoxy) is 1. The van der Waals surface area contributed by atoms with E-state index < -0.39 is 0 Å². The minimum Gasteiger partial charge on any atom is -0.377 e. The number of rotatable bonds is 7. The van der Waals surface area contributed by atoms with Crippen molar-refractivity contribution in [1.82, 2.24) is 25.2 Å². The van der Waals surface area contributed by atoms with Crippen LogP contribution in [0.4, 0.5) is 5.13 Å². The molecule has 2 aromatic heterocycles. The van der Waals surface area contributed by atoms with Crippen LogP contribution in [0.25, 0.3) is 0 Å². The van der Waals surface area contributed by atoms with Gasteiger partial charge in [-0.15, -0.1) is 15.3 Å². The molecule has 8 nitrogen and oxygen atoms in total. The Kier molecular flexibility index (Phi) is 6.38. The molecule has 1 aromatic carbocycles. The number of carbonyl (C=O) groups is 1. The molecule has 0 aliphatic heterocycles. The van der Waals surface area contributed by atoms with Crippen LogP contribution in [0.1, 0.15) is 22.0 Å². The Hall–Kier alpha value is -2.07. The molecule has 0 atom stereocenters. The van der Waals surface area contributed by atoms with Gasteiger partial charge in [0.25, 0.3) is 0 Å². The van der Waals surface area contributed by atoms with Crippen molar-refractivity contribution < 1.29 is 9.53 Å². The lowest BCUT2D eigenvalue weighted by Crippen LogP contribution is -2.15. The summed E-state index contributed by atoms with van der Waals surface area (Å²) >= 11 is 13.2. The summed E-state index contributed by atoms with van der Waals surface area (Å²) in [6, 6.07) is 5.39. The fraction of sp³-hybridized carbons (Fsp3) is 0.312. The number of hydrogen-bond acceptors (Lipinski definition) is 7. The van der Waals surface area contributed by atoms with E-state index in [0.717, 1.165) is 11.3 Å². The van der Waals surface area contributed by atoms with Crippen LogP contribution in [0.3, 0.4) is 0 Å². The van der Waals surface area contributed by atoms with Crippen molar-refractivity contribution >= 4 is 45.6 Å². The number of nitrogens with zero attached hydrogens (tertiary/aromatic N) is 5. The third-order valence-corrected chi connectivity index (χ3v) is 5.25. The maximum atomic E-state index is 12.2. The fourth-order valence-electron chi connectivity index (χ4n) is 2.32. The standard InChI is InChI=1S/C16H16Cl2N6O2S/c1-9-13(6-14(25)19-16-22-21-15(27-16)8-26-2)20-23-24(9)7-10-3-4-11(17)12(18)5-10/h3-5H,6-8H2,1-2H3,(H,19,22,25). The predicted octanol–water partition coefficient (Wildman–Crippen LogP) is 3.12. The van der Waals surface area contributed by atoms with Crippen LogP contribution < -0.4 is 5.32 Å². The molecule has 1 N–H and O–H groups in total. The lowest BCUT2D eigenvalue weighted by molar-refractivity contribution is -0.115. The highest BCUT2D eigenvalue weighted by molar-refractivity contribution is 7.15. The van der Waals surface area contributed by atoms with Crippen molar-refractivity contribution in [3.63, 3.8) is 0 Å². The predicted molar refractivity (Wildman–Crippen MR) is 103 cm³/mol. The molecule has 3 rings (SSSR count). The molecule has 142 valence electrons. The number of halogens is 2. The summed E-state index contributed by atoms with van der Waals surface area (Å²) in [5.74, 6) is -0.236. The van der Waals surface area contributed by atoms with E-state index in [0.29, 0.717) is 39.0 Å². The van der Waals surface area contributed by atoms with Gasteiger partial charge in [0.1, 0.15) is 11.6 Å². The van der Waals surface area contributed by atoms with Crippen molar-refractivity contribution in [2.75, 3.05) is 12.4 Å². The van der Waals surface area contributed by atoms with Crippen LogP contribution in [0.15, 0.2) is 18.2 Å². The van der Waals surface area contributed by atoms with Crippen LogP contribution in [0, 0.1) is 6.92 Å². The molecule has 0 saturated heterocycles. The van der Waals surface area contributed by atoms with Gasteiger partial charge < -0.3 is 10.1 Å². The zero-order chi connectivity index (χ0) is 19.4. The second-order valence-electron chi connectivity index (χ2n) is 5.69. The Bertz CT molecular complexity index is 958. The fourth-order valence-corrected chi connectivity index (χ4v) is 3.37. The highest BCUT2D eigenvalue weighted by atomic mass is 35.5. The summed E-state index contributed by atoms with van der Waals surface area (Å²) in [6.07, 6.45) is 0.0897. The third-order valence-electron chi connectivity index (χ3n) is 3.70. The molecule has 3 aromatic rings. The minimum atomic E-state index is -0.236. The topological polar surface area (TPSA) is 94.8 Å². The Morgan fingerprint density at radius 1 is 1.26 bits per heavy atom. The lowest BCUT2D eigenvalue weighted by atomic mass is 10.2. The summed E-state index contributed by atoms with van der Waals surface area (Å²) in [5.41, 5.74) is 2.33. The molecule has 0 unspecified atom stereocenters. The number of carbonyl (C=O) groups excluding carboxylic acids is 1. The zero-order valence-corrected chi connectivity index (χ0v) is 16.9. The van der Waals surface area contributed by atoms with Gasteiger partial charge >= 0.3 is 0 Å². The van der Waals surface area contributed by atoms with Crippen molar-refractivity contribution in [2.24, 2.45) is 0 Å². The number of methoxy groups -OCH3 is 1. The molecular formula is C16H16Cl2N6O2S. The normalized spacial score (nSPS) is 11.0. The number of nitrogens with one attached hydrogen (secondary N) is 1. The molecule has 0 saturated carbocycles. The van der Waals surface area contributed by atoms with Gasteiger partial charge in [-0.1, -0.05) is 45.8 Å². The summed E-state index contributed by atoms with van der Waals surface area (Å²) in [4.78, 5) is 12.2. The molecule has 0 fully saturated rings. The molecule has 1 amide bonds. The molecule has 2 heterocycles. The number of benzene rings is 1. The van der Waals surface area contributed by atoms with Gasteiger partial charge in [-0.3, -0.25) is 4.79 Å². The second-order valence-corrected chi connectivity index (χ2v) is 7.56. The van der Waals surface area contributed by atoms with Crippen LogP contribution in [0.5, 0.6) is 0 Å². The number of anilines is 1. The first kappa shape index (κ1) is 19.7. The molecule has 0 radical (unpaired) electrons. The van der Waals surface area contributed by atoms with Gasteiger partial charge in [-0.25, -0.2) is 4.68 Å². The van der Waals surface area contributed by atoms with Crippen molar-refractivity contribution in [3.05, 3.63) is 50.2 Å². The number of aromatic nitrogens is 5. The van der Waals surface area contributed by atoms with Crippen LogP contribution in [-0.2, 0) is 29.1 Å². The van der Waals surface area contributed by atoms with E-state index in [2.05, 4.69) is 25.8 Å². The molecular weight excluding hydrogens is 411 g/mol. The molecule has 0 bridgehead atoms. The second kappa shape index (κ2) is 8.75. The van der Waals surface area contributed by atoms with E-state index in [9.17, 15) is 4.79 Å². The van der Waals surface area contributed by atoms with E-state index in [-0.39, 0.29) is 12.3 Å². The largest absolute Gasteiger partial charge is 0.377 e. The molecule has 0 aliphatic rings. The third kappa shape index (κ3) is 5.01. The van der Waals surface area contributed by atoms with Crippen LogP contribution in [-0.4, -0.2) is 38.2 Å². The lowest BCUT2D eigenvalue weighted by Gasteiger charge is -2.05. The molecule has 0 spiro atoms. The maximum Gasteiger partial charge on any atom is 0.232 e. The highest BCUT2D eigenvalue weighted by Crippen LogP contribution is 2.23. The van der Waals surface area contributed by atoms with Gasteiger partial charge in [0.15, 0.2) is 0 Å². The number of hydrogen-bond donors (Lipinski definition) is 1. The highest BCUT2D eigenvalue weighted by Gasteiger charge is 2.15. The molecule has 0 aliphatic carbocycles. The van der Waals surface area contributed by atoms with E-state index in [1.807, 2.05) is 13.0 Å². The van der Waals surface area contributed by atoms with Crippen molar-refractivity contribution in [2.45, 2.75) is 26.5 Å².